The summed E-state index contributed by atoms with van der Waals surface area (Å²) >= 11 is 0. The topological polar surface area (TPSA) is 50.8 Å². The van der Waals surface area contributed by atoms with Gasteiger partial charge >= 0.3 is 5.97 Å². The van der Waals surface area contributed by atoms with Crippen LogP contribution in [0, 0.1) is 0 Å². The van der Waals surface area contributed by atoms with Crippen LogP contribution in [-0.2, 0) is 14.3 Å². The summed E-state index contributed by atoms with van der Waals surface area (Å²) in [7, 11) is 1.66. The number of carbonyl (C=O) groups is 1. The highest BCUT2D eigenvalue weighted by Crippen LogP contribution is 2.22. The van der Waals surface area contributed by atoms with E-state index >= 15 is 0 Å². The van der Waals surface area contributed by atoms with Gasteiger partial charge in [0.05, 0.1) is 6.61 Å². The van der Waals surface area contributed by atoms with Crippen LogP contribution in [0.5, 0.6) is 0 Å². The van der Waals surface area contributed by atoms with Crippen molar-refractivity contribution in [3.8, 4) is 0 Å². The lowest BCUT2D eigenvalue weighted by molar-refractivity contribution is -0.158. The van der Waals surface area contributed by atoms with Crippen LogP contribution in [0.4, 0.5) is 0 Å². The second-order valence-corrected chi connectivity index (χ2v) is 4.47. The number of hydrogen-bond acceptors (Lipinski definition) is 5. The van der Waals surface area contributed by atoms with E-state index in [0.717, 1.165) is 26.2 Å². The van der Waals surface area contributed by atoms with Gasteiger partial charge in [-0.2, -0.15) is 0 Å². The Morgan fingerprint density at radius 3 is 2.59 bits per heavy atom. The summed E-state index contributed by atoms with van der Waals surface area (Å²) < 4.78 is 10.3. The van der Waals surface area contributed by atoms with Crippen LogP contribution in [0.2, 0.25) is 0 Å². The Morgan fingerprint density at radius 1 is 1.41 bits per heavy atom. The molecule has 1 N–H and O–H groups in total. The van der Waals surface area contributed by atoms with E-state index in [-0.39, 0.29) is 5.97 Å². The fourth-order valence-corrected chi connectivity index (χ4v) is 2.14. The molecule has 0 radical (unpaired) electrons. The SMILES string of the molecule is CCOC(=O)C(C)(CCOC)N1CCNCC1. The van der Waals surface area contributed by atoms with Crippen molar-refractivity contribution in [1.82, 2.24) is 10.2 Å². The first kappa shape index (κ1) is 14.4. The third kappa shape index (κ3) is 3.66. The van der Waals surface area contributed by atoms with Crippen LogP contribution < -0.4 is 5.32 Å². The summed E-state index contributed by atoms with van der Waals surface area (Å²) in [5.41, 5.74) is -0.561. The molecule has 17 heavy (non-hydrogen) atoms. The molecule has 5 heteroatoms. The number of piperazine rings is 1. The number of nitrogens with zero attached hydrogens (tertiary/aromatic N) is 1. The second kappa shape index (κ2) is 6.93. The molecule has 0 amide bonds. The summed E-state index contributed by atoms with van der Waals surface area (Å²) in [6.07, 6.45) is 0.669. The minimum atomic E-state index is -0.561. The molecule has 0 aliphatic carbocycles. The summed E-state index contributed by atoms with van der Waals surface area (Å²) in [6.45, 7) is 8.37. The van der Waals surface area contributed by atoms with Crippen LogP contribution in [-0.4, -0.2) is 62.9 Å². The number of esters is 1. The van der Waals surface area contributed by atoms with Gasteiger partial charge in [0.2, 0.25) is 0 Å². The molecule has 1 aliphatic rings. The maximum absolute atomic E-state index is 12.1. The van der Waals surface area contributed by atoms with Crippen molar-refractivity contribution in [2.45, 2.75) is 25.8 Å². The first-order chi connectivity index (χ1) is 8.15. The normalized spacial score (nSPS) is 20.9. The highest BCUT2D eigenvalue weighted by molar-refractivity contribution is 5.80. The Morgan fingerprint density at radius 2 is 2.06 bits per heavy atom. The summed E-state index contributed by atoms with van der Waals surface area (Å²) in [5, 5.41) is 3.29. The number of hydrogen-bond donors (Lipinski definition) is 1. The third-order valence-electron chi connectivity index (χ3n) is 3.32. The molecule has 1 saturated heterocycles. The smallest absolute Gasteiger partial charge is 0.326 e. The largest absolute Gasteiger partial charge is 0.465 e. The molecule has 100 valence electrons. The van der Waals surface area contributed by atoms with Crippen LogP contribution in [0.25, 0.3) is 0 Å². The molecular formula is C12H24N2O3. The van der Waals surface area contributed by atoms with Gasteiger partial charge in [-0.1, -0.05) is 0 Å². The fraction of sp³-hybridized carbons (Fsp3) is 0.917. The van der Waals surface area contributed by atoms with Gasteiger partial charge in [0.15, 0.2) is 0 Å². The van der Waals surface area contributed by atoms with E-state index in [1.165, 1.54) is 0 Å². The van der Waals surface area contributed by atoms with Crippen molar-refractivity contribution in [2.75, 3.05) is 46.5 Å². The summed E-state index contributed by atoms with van der Waals surface area (Å²) in [6, 6.07) is 0. The Balaban J connectivity index is 2.71. The van der Waals surface area contributed by atoms with Gasteiger partial charge in [0.25, 0.3) is 0 Å². The van der Waals surface area contributed by atoms with Crippen molar-refractivity contribution in [3.63, 3.8) is 0 Å². The molecule has 0 aromatic carbocycles. The van der Waals surface area contributed by atoms with Crippen LogP contribution in [0.1, 0.15) is 20.3 Å². The second-order valence-electron chi connectivity index (χ2n) is 4.47. The van der Waals surface area contributed by atoms with Gasteiger partial charge in [-0.3, -0.25) is 9.69 Å². The molecule has 0 aromatic heterocycles. The van der Waals surface area contributed by atoms with Gasteiger partial charge in [0, 0.05) is 39.9 Å². The standard InChI is InChI=1S/C12H24N2O3/c1-4-17-11(15)12(2,5-10-16-3)14-8-6-13-7-9-14/h13H,4-10H2,1-3H3. The minimum absolute atomic E-state index is 0.140. The molecule has 1 unspecified atom stereocenters. The maximum Gasteiger partial charge on any atom is 0.326 e. The zero-order valence-corrected chi connectivity index (χ0v) is 11.1. The minimum Gasteiger partial charge on any atom is -0.465 e. The maximum atomic E-state index is 12.1. The van der Waals surface area contributed by atoms with Gasteiger partial charge in [-0.15, -0.1) is 0 Å². The van der Waals surface area contributed by atoms with Crippen LogP contribution >= 0.6 is 0 Å². The fourth-order valence-electron chi connectivity index (χ4n) is 2.14. The molecule has 1 atom stereocenters. The Bertz CT molecular complexity index is 242. The molecule has 0 spiro atoms. The van der Waals surface area contributed by atoms with E-state index in [0.29, 0.717) is 19.6 Å². The van der Waals surface area contributed by atoms with Crippen molar-refractivity contribution in [2.24, 2.45) is 0 Å². The first-order valence-corrected chi connectivity index (χ1v) is 6.27. The third-order valence-corrected chi connectivity index (χ3v) is 3.32. The Hall–Kier alpha value is -0.650. The van der Waals surface area contributed by atoms with Crippen molar-refractivity contribution >= 4 is 5.97 Å². The number of ether oxygens (including phenoxy) is 2. The number of rotatable bonds is 6. The number of carbonyl (C=O) groups excluding carboxylic acids is 1. The molecule has 0 saturated carbocycles. The summed E-state index contributed by atoms with van der Waals surface area (Å²) in [5.74, 6) is -0.140. The van der Waals surface area contributed by atoms with Gasteiger partial charge < -0.3 is 14.8 Å². The lowest BCUT2D eigenvalue weighted by Crippen LogP contribution is -2.59. The molecule has 1 fully saturated rings. The average molecular weight is 244 g/mol. The van der Waals surface area contributed by atoms with Gasteiger partial charge in [-0.05, 0) is 20.3 Å². The predicted molar refractivity (Wildman–Crippen MR) is 66.0 cm³/mol. The lowest BCUT2D eigenvalue weighted by atomic mass is 9.95. The number of methoxy groups -OCH3 is 1. The van der Waals surface area contributed by atoms with Crippen LogP contribution in [0.3, 0.4) is 0 Å². The summed E-state index contributed by atoms with van der Waals surface area (Å²) in [4.78, 5) is 14.3. The van der Waals surface area contributed by atoms with Gasteiger partial charge in [0.1, 0.15) is 5.54 Å². The van der Waals surface area contributed by atoms with E-state index in [4.69, 9.17) is 9.47 Å². The quantitative estimate of drug-likeness (QED) is 0.679. The zero-order chi connectivity index (χ0) is 12.7. The average Bonchev–Trinajstić information content (AvgIpc) is 2.37. The van der Waals surface area contributed by atoms with E-state index in [2.05, 4.69) is 10.2 Å². The van der Waals surface area contributed by atoms with E-state index < -0.39 is 5.54 Å². The van der Waals surface area contributed by atoms with E-state index in [1.54, 1.807) is 7.11 Å². The molecule has 1 aliphatic heterocycles. The predicted octanol–water partition coefficient (Wildman–Crippen LogP) is 0.250. The Labute approximate surface area is 103 Å². The van der Waals surface area contributed by atoms with Gasteiger partial charge in [-0.25, -0.2) is 0 Å². The molecule has 1 rings (SSSR count). The van der Waals surface area contributed by atoms with E-state index in [9.17, 15) is 4.79 Å². The molecule has 1 heterocycles. The first-order valence-electron chi connectivity index (χ1n) is 6.27. The number of nitrogens with one attached hydrogen (secondary N) is 1. The zero-order valence-electron chi connectivity index (χ0n) is 11.1. The molecule has 0 bridgehead atoms. The Kier molecular flexibility index (Phi) is 5.88. The monoisotopic (exact) mass is 244 g/mol. The lowest BCUT2D eigenvalue weighted by Gasteiger charge is -2.41. The van der Waals surface area contributed by atoms with Crippen LogP contribution in [0.15, 0.2) is 0 Å². The molecule has 0 aromatic rings. The molecule has 5 nitrogen and oxygen atoms in total. The van der Waals surface area contributed by atoms with Crippen molar-refractivity contribution in [1.29, 1.82) is 0 Å². The highest BCUT2D eigenvalue weighted by atomic mass is 16.5. The molecular weight excluding hydrogens is 220 g/mol. The highest BCUT2D eigenvalue weighted by Gasteiger charge is 2.40. The van der Waals surface area contributed by atoms with Crippen molar-refractivity contribution < 1.29 is 14.3 Å². The van der Waals surface area contributed by atoms with E-state index in [1.807, 2.05) is 13.8 Å². The van der Waals surface area contributed by atoms with Crippen molar-refractivity contribution in [3.05, 3.63) is 0 Å².